The van der Waals surface area contributed by atoms with E-state index in [1.807, 2.05) is 0 Å². The number of amides is 1. The van der Waals surface area contributed by atoms with Crippen molar-refractivity contribution in [3.63, 3.8) is 0 Å². The molecule has 1 aliphatic heterocycles. The molecule has 1 amide bonds. The molecule has 104 valence electrons. The average Bonchev–Trinajstić information content (AvgIpc) is 2.90. The van der Waals surface area contributed by atoms with Crippen molar-refractivity contribution in [1.82, 2.24) is 9.62 Å². The summed E-state index contributed by atoms with van der Waals surface area (Å²) in [5.41, 5.74) is 5.79. The number of rotatable bonds is 4. The van der Waals surface area contributed by atoms with Crippen LogP contribution < -0.4 is 10.5 Å². The van der Waals surface area contributed by atoms with Gasteiger partial charge in [0.1, 0.15) is 4.90 Å². The molecule has 0 aliphatic carbocycles. The minimum Gasteiger partial charge on any atom is -0.398 e. The number of likely N-dealkylation sites (tertiary alicyclic amines) is 1. The van der Waals surface area contributed by atoms with Crippen LogP contribution in [0, 0.1) is 0 Å². The van der Waals surface area contributed by atoms with Crippen molar-refractivity contribution in [1.29, 1.82) is 0 Å². The second-order valence-electron chi connectivity index (χ2n) is 4.45. The Labute approximate surface area is 112 Å². The largest absolute Gasteiger partial charge is 0.398 e. The van der Waals surface area contributed by atoms with Crippen LogP contribution in [0.5, 0.6) is 0 Å². The van der Waals surface area contributed by atoms with E-state index in [1.165, 1.54) is 12.1 Å². The third kappa shape index (κ3) is 3.24. The van der Waals surface area contributed by atoms with Gasteiger partial charge in [-0.15, -0.1) is 0 Å². The molecule has 0 spiro atoms. The van der Waals surface area contributed by atoms with Crippen molar-refractivity contribution in [2.45, 2.75) is 17.7 Å². The summed E-state index contributed by atoms with van der Waals surface area (Å²) in [6.07, 6.45) is 1.95. The molecule has 2 rings (SSSR count). The van der Waals surface area contributed by atoms with Gasteiger partial charge < -0.3 is 10.6 Å². The Kier molecular flexibility index (Phi) is 4.06. The van der Waals surface area contributed by atoms with Gasteiger partial charge in [-0.1, -0.05) is 12.1 Å². The molecule has 1 fully saturated rings. The predicted octanol–water partition coefficient (Wildman–Crippen LogP) is 0.169. The van der Waals surface area contributed by atoms with E-state index in [0.717, 1.165) is 12.8 Å². The minimum atomic E-state index is -3.74. The lowest BCUT2D eigenvalue weighted by molar-refractivity contribution is -0.128. The van der Waals surface area contributed by atoms with Gasteiger partial charge in [-0.25, -0.2) is 13.1 Å². The summed E-state index contributed by atoms with van der Waals surface area (Å²) in [6, 6.07) is 6.17. The molecule has 1 aliphatic rings. The normalized spacial score (nSPS) is 15.7. The number of hydrogen-bond donors (Lipinski definition) is 2. The summed E-state index contributed by atoms with van der Waals surface area (Å²) in [6.45, 7) is 1.18. The van der Waals surface area contributed by atoms with Crippen molar-refractivity contribution >= 4 is 21.6 Å². The molecule has 0 atom stereocenters. The lowest BCUT2D eigenvalue weighted by Gasteiger charge is -2.15. The van der Waals surface area contributed by atoms with Gasteiger partial charge in [-0.2, -0.15) is 0 Å². The molecule has 0 unspecified atom stereocenters. The number of nitrogen functional groups attached to an aromatic ring is 1. The zero-order valence-corrected chi connectivity index (χ0v) is 11.3. The maximum atomic E-state index is 12.0. The molecule has 0 aromatic heterocycles. The number of nitrogens with zero attached hydrogens (tertiary/aromatic N) is 1. The van der Waals surface area contributed by atoms with Gasteiger partial charge in [0.05, 0.1) is 12.2 Å². The van der Waals surface area contributed by atoms with E-state index < -0.39 is 10.0 Å². The zero-order chi connectivity index (χ0) is 13.9. The van der Waals surface area contributed by atoms with E-state index >= 15 is 0 Å². The smallest absolute Gasteiger partial charge is 0.243 e. The van der Waals surface area contributed by atoms with Gasteiger partial charge in [0.15, 0.2) is 0 Å². The first-order valence-corrected chi connectivity index (χ1v) is 7.61. The Balaban J connectivity index is 2.02. The van der Waals surface area contributed by atoms with Crippen LogP contribution in [0.3, 0.4) is 0 Å². The van der Waals surface area contributed by atoms with Crippen LogP contribution in [0.4, 0.5) is 5.69 Å². The topological polar surface area (TPSA) is 92.5 Å². The number of para-hydroxylation sites is 1. The van der Waals surface area contributed by atoms with Crippen LogP contribution in [-0.4, -0.2) is 38.9 Å². The molecule has 3 N–H and O–H groups in total. The molecular formula is C12H17N3O3S. The van der Waals surface area contributed by atoms with Gasteiger partial charge in [0, 0.05) is 13.1 Å². The summed E-state index contributed by atoms with van der Waals surface area (Å²) >= 11 is 0. The highest BCUT2D eigenvalue weighted by atomic mass is 32.2. The van der Waals surface area contributed by atoms with E-state index in [2.05, 4.69) is 4.72 Å². The summed E-state index contributed by atoms with van der Waals surface area (Å²) in [7, 11) is -3.74. The molecule has 0 radical (unpaired) electrons. The Morgan fingerprint density at radius 2 is 1.89 bits per heavy atom. The number of carbonyl (C=O) groups is 1. The molecule has 1 saturated heterocycles. The fraction of sp³-hybridized carbons (Fsp3) is 0.417. The van der Waals surface area contributed by atoms with Crippen molar-refractivity contribution in [3.8, 4) is 0 Å². The Morgan fingerprint density at radius 1 is 1.26 bits per heavy atom. The van der Waals surface area contributed by atoms with E-state index in [4.69, 9.17) is 5.73 Å². The van der Waals surface area contributed by atoms with Crippen LogP contribution >= 0.6 is 0 Å². The molecule has 1 aromatic rings. The maximum Gasteiger partial charge on any atom is 0.243 e. The number of nitrogens with two attached hydrogens (primary N) is 1. The average molecular weight is 283 g/mol. The Hall–Kier alpha value is -1.60. The van der Waals surface area contributed by atoms with Gasteiger partial charge in [0.2, 0.25) is 15.9 Å². The molecular weight excluding hydrogens is 266 g/mol. The number of sulfonamides is 1. The number of benzene rings is 1. The molecule has 1 heterocycles. The van der Waals surface area contributed by atoms with Gasteiger partial charge in [-0.05, 0) is 25.0 Å². The molecule has 7 heteroatoms. The Morgan fingerprint density at radius 3 is 2.53 bits per heavy atom. The van der Waals surface area contributed by atoms with Crippen molar-refractivity contribution < 1.29 is 13.2 Å². The van der Waals surface area contributed by atoms with E-state index in [0.29, 0.717) is 13.1 Å². The van der Waals surface area contributed by atoms with Crippen LogP contribution in [0.15, 0.2) is 29.2 Å². The Bertz CT molecular complexity index is 565. The number of anilines is 1. The molecule has 0 bridgehead atoms. The maximum absolute atomic E-state index is 12.0. The highest BCUT2D eigenvalue weighted by Crippen LogP contribution is 2.16. The van der Waals surface area contributed by atoms with Crippen LogP contribution in [0.2, 0.25) is 0 Å². The third-order valence-corrected chi connectivity index (χ3v) is 4.56. The first-order valence-electron chi connectivity index (χ1n) is 6.12. The van der Waals surface area contributed by atoms with Crippen LogP contribution in [0.1, 0.15) is 12.8 Å². The van der Waals surface area contributed by atoms with Crippen molar-refractivity contribution in [2.24, 2.45) is 0 Å². The fourth-order valence-corrected chi connectivity index (χ4v) is 3.14. The van der Waals surface area contributed by atoms with Crippen molar-refractivity contribution in [2.75, 3.05) is 25.4 Å². The predicted molar refractivity (Wildman–Crippen MR) is 71.9 cm³/mol. The second kappa shape index (κ2) is 5.58. The van der Waals surface area contributed by atoms with E-state index in [9.17, 15) is 13.2 Å². The molecule has 19 heavy (non-hydrogen) atoms. The minimum absolute atomic E-state index is 0.00391. The lowest BCUT2D eigenvalue weighted by Crippen LogP contribution is -2.38. The van der Waals surface area contributed by atoms with Gasteiger partial charge in [-0.3, -0.25) is 4.79 Å². The first kappa shape index (κ1) is 13.8. The molecule has 0 saturated carbocycles. The lowest BCUT2D eigenvalue weighted by atomic mass is 10.3. The van der Waals surface area contributed by atoms with Crippen LogP contribution in [-0.2, 0) is 14.8 Å². The summed E-state index contributed by atoms with van der Waals surface area (Å²) in [5.74, 6) is -0.199. The second-order valence-corrected chi connectivity index (χ2v) is 6.19. The summed E-state index contributed by atoms with van der Waals surface area (Å²) < 4.78 is 26.3. The monoisotopic (exact) mass is 283 g/mol. The van der Waals surface area contributed by atoms with Gasteiger partial charge in [0.25, 0.3) is 0 Å². The fourth-order valence-electron chi connectivity index (χ4n) is 2.04. The standard InChI is InChI=1S/C12H17N3O3S/c13-10-5-1-2-6-11(10)19(17,18)14-9-12(16)15-7-3-4-8-15/h1-2,5-6,14H,3-4,7-9,13H2. The first-order chi connectivity index (χ1) is 9.00. The third-order valence-electron chi connectivity index (χ3n) is 3.08. The quantitative estimate of drug-likeness (QED) is 0.770. The van der Waals surface area contributed by atoms with Crippen molar-refractivity contribution in [3.05, 3.63) is 24.3 Å². The number of nitrogens with one attached hydrogen (secondary N) is 1. The molecule has 6 nitrogen and oxygen atoms in total. The SMILES string of the molecule is Nc1ccccc1S(=O)(=O)NCC(=O)N1CCCC1. The van der Waals surface area contributed by atoms with Gasteiger partial charge >= 0.3 is 0 Å². The molecule has 1 aromatic carbocycles. The van der Waals surface area contributed by atoms with Crippen LogP contribution in [0.25, 0.3) is 0 Å². The van der Waals surface area contributed by atoms with E-state index in [1.54, 1.807) is 17.0 Å². The summed E-state index contributed by atoms with van der Waals surface area (Å²) in [4.78, 5) is 13.4. The number of hydrogen-bond acceptors (Lipinski definition) is 4. The van der Waals surface area contributed by atoms with E-state index in [-0.39, 0.29) is 23.0 Å². The highest BCUT2D eigenvalue weighted by Gasteiger charge is 2.22. The zero-order valence-electron chi connectivity index (χ0n) is 10.5. The highest BCUT2D eigenvalue weighted by molar-refractivity contribution is 7.89. The number of carbonyl (C=O) groups excluding carboxylic acids is 1. The summed E-state index contributed by atoms with van der Waals surface area (Å²) in [5, 5.41) is 0.